The molecule has 0 aliphatic carbocycles. The van der Waals surface area contributed by atoms with E-state index in [1.165, 1.54) is 65.9 Å². The van der Waals surface area contributed by atoms with Gasteiger partial charge in [0, 0.05) is 50.0 Å². The molecule has 11 rings (SSSR count). The third kappa shape index (κ3) is 9.35. The number of aromatic nitrogens is 2. The second-order valence-electron chi connectivity index (χ2n) is 16.1. The largest absolute Gasteiger partial charge is 0.310 e. The van der Waals surface area contributed by atoms with E-state index in [-0.39, 0.29) is 0 Å². The smallest absolute Gasteiger partial charge is 0.0547 e. The molecule has 0 aliphatic rings. The summed E-state index contributed by atoms with van der Waals surface area (Å²) in [7, 11) is 0. The highest BCUT2D eigenvalue weighted by molar-refractivity contribution is 6.11. The topological polar surface area (TPSA) is 13.1 Å². The van der Waals surface area contributed by atoms with Crippen molar-refractivity contribution >= 4 is 60.7 Å². The number of fused-ring (bicyclic) bond motifs is 6. The van der Waals surface area contributed by atoms with Crippen molar-refractivity contribution < 1.29 is 0 Å². The predicted molar refractivity (Wildman–Crippen MR) is 297 cm³/mol. The zero-order valence-corrected chi connectivity index (χ0v) is 38.4. The number of terminal acetylenes is 2. The Kier molecular flexibility index (Phi) is 13.0. The molecule has 326 valence electrons. The zero-order valence-electron chi connectivity index (χ0n) is 38.4. The maximum Gasteiger partial charge on any atom is 0.0547 e. The number of hydrogen-bond acceptors (Lipinski definition) is 1. The van der Waals surface area contributed by atoms with Gasteiger partial charge in [-0.2, -0.15) is 0 Å². The number of para-hydroxylation sites is 4. The van der Waals surface area contributed by atoms with Crippen molar-refractivity contribution in [3.05, 3.63) is 224 Å². The van der Waals surface area contributed by atoms with Gasteiger partial charge in [-0.05, 0) is 178 Å². The van der Waals surface area contributed by atoms with Gasteiger partial charge >= 0.3 is 0 Å². The average Bonchev–Trinajstić information content (AvgIpc) is 3.95. The number of anilines is 3. The van der Waals surface area contributed by atoms with Gasteiger partial charge in [0.15, 0.2) is 0 Å². The van der Waals surface area contributed by atoms with Crippen LogP contribution in [0, 0.1) is 83.9 Å². The molecule has 0 saturated heterocycles. The SMILES string of the molecule is C#CC#CC#CC#CC#CC#CC#C.c1ccc(-c2ccc(N(c3ccc(-c4ccc5c6ccccc6n(-c6ccccc6)c5c4)cc3)c3ccc4c(c3)c3ccccc3n4-c3ccccc3)cc2)cc1. The summed E-state index contributed by atoms with van der Waals surface area (Å²) in [5.74, 6) is 28.3. The number of nitrogens with zero attached hydrogens (tertiary/aromatic N) is 3. The molecule has 0 fully saturated rings. The van der Waals surface area contributed by atoms with Gasteiger partial charge in [-0.25, -0.2) is 0 Å². The molecule has 9 aromatic carbocycles. The van der Waals surface area contributed by atoms with Gasteiger partial charge in [0.25, 0.3) is 0 Å². The van der Waals surface area contributed by atoms with Crippen molar-refractivity contribution in [1.29, 1.82) is 0 Å². The third-order valence-electron chi connectivity index (χ3n) is 12.0. The van der Waals surface area contributed by atoms with E-state index in [9.17, 15) is 0 Å². The van der Waals surface area contributed by atoms with Crippen LogP contribution in [0.2, 0.25) is 0 Å². The molecule has 0 unspecified atom stereocenters. The summed E-state index contributed by atoms with van der Waals surface area (Å²) < 4.78 is 4.75. The molecule has 0 aliphatic heterocycles. The van der Waals surface area contributed by atoms with E-state index in [1.807, 2.05) is 0 Å². The van der Waals surface area contributed by atoms with E-state index in [2.05, 4.69) is 310 Å². The summed E-state index contributed by atoms with van der Waals surface area (Å²) in [6.45, 7) is 0. The Morgan fingerprint density at radius 1 is 0.268 bits per heavy atom. The van der Waals surface area contributed by atoms with Crippen LogP contribution in [0.3, 0.4) is 0 Å². The minimum absolute atomic E-state index is 1.09. The molecule has 11 aromatic rings. The van der Waals surface area contributed by atoms with Gasteiger partial charge in [-0.1, -0.05) is 140 Å². The summed E-state index contributed by atoms with van der Waals surface area (Å²) in [4.78, 5) is 2.38. The molecule has 2 aromatic heterocycles. The maximum absolute atomic E-state index is 4.86. The van der Waals surface area contributed by atoms with Crippen molar-refractivity contribution in [2.75, 3.05) is 4.90 Å². The number of rotatable bonds is 7. The average molecular weight is 898 g/mol. The molecule has 0 atom stereocenters. The van der Waals surface area contributed by atoms with Crippen LogP contribution in [0.5, 0.6) is 0 Å². The minimum atomic E-state index is 1.09. The van der Waals surface area contributed by atoms with Crippen LogP contribution in [0.4, 0.5) is 17.1 Å². The zero-order chi connectivity index (χ0) is 48.2. The molecule has 3 heteroatoms. The first-order valence-electron chi connectivity index (χ1n) is 22.8. The van der Waals surface area contributed by atoms with E-state index < -0.39 is 0 Å². The fraction of sp³-hybridized carbons (Fsp3) is 0. The van der Waals surface area contributed by atoms with Crippen LogP contribution in [0.15, 0.2) is 224 Å². The predicted octanol–water partition coefficient (Wildman–Crippen LogP) is 15.0. The molecule has 3 nitrogen and oxygen atoms in total. The van der Waals surface area contributed by atoms with Gasteiger partial charge in [-0.3, -0.25) is 0 Å². The second kappa shape index (κ2) is 20.9. The van der Waals surface area contributed by atoms with E-state index >= 15 is 0 Å². The normalized spacial score (nSPS) is 9.94. The van der Waals surface area contributed by atoms with E-state index in [1.54, 1.807) is 0 Å². The molecule has 0 amide bonds. The Morgan fingerprint density at radius 3 is 1.15 bits per heavy atom. The van der Waals surface area contributed by atoms with Gasteiger partial charge in [0.1, 0.15) is 0 Å². The fourth-order valence-electron chi connectivity index (χ4n) is 8.97. The van der Waals surface area contributed by atoms with Crippen molar-refractivity contribution in [3.8, 4) is 118 Å². The highest BCUT2D eigenvalue weighted by Crippen LogP contribution is 2.41. The lowest BCUT2D eigenvalue weighted by molar-refractivity contribution is 1.18. The van der Waals surface area contributed by atoms with Crippen LogP contribution in [0.1, 0.15) is 0 Å². The van der Waals surface area contributed by atoms with Crippen LogP contribution in [-0.2, 0) is 0 Å². The lowest BCUT2D eigenvalue weighted by Crippen LogP contribution is -2.10. The van der Waals surface area contributed by atoms with Crippen molar-refractivity contribution in [2.45, 2.75) is 0 Å². The van der Waals surface area contributed by atoms with Crippen molar-refractivity contribution in [3.63, 3.8) is 0 Å². The summed E-state index contributed by atoms with van der Waals surface area (Å²) in [5, 5.41) is 4.97. The van der Waals surface area contributed by atoms with Gasteiger partial charge in [0.2, 0.25) is 0 Å². The Hall–Kier alpha value is -10.7. The monoisotopic (exact) mass is 897 g/mol. The summed E-state index contributed by atoms with van der Waals surface area (Å²) in [6.07, 6.45) is 9.71. The second-order valence-corrected chi connectivity index (χ2v) is 16.1. The van der Waals surface area contributed by atoms with Gasteiger partial charge in [0.05, 0.1) is 22.1 Å². The first-order chi connectivity index (χ1) is 35.2. The number of benzene rings is 9. The lowest BCUT2D eigenvalue weighted by Gasteiger charge is -2.26. The molecular formula is C68H39N3. The van der Waals surface area contributed by atoms with E-state index in [4.69, 9.17) is 12.8 Å². The van der Waals surface area contributed by atoms with Crippen molar-refractivity contribution in [2.24, 2.45) is 0 Å². The minimum Gasteiger partial charge on any atom is -0.310 e. The van der Waals surface area contributed by atoms with E-state index in [0.717, 1.165) is 28.4 Å². The van der Waals surface area contributed by atoms with Crippen LogP contribution >= 0.6 is 0 Å². The van der Waals surface area contributed by atoms with Crippen LogP contribution in [-0.4, -0.2) is 9.13 Å². The standard InChI is InChI=1S/C54H37N3.C14H2/c1-4-14-38(15-5-1)39-24-29-44(30-25-39)55(46-33-35-53-50(37-46)48-21-11-13-23-52(48)56(53)42-16-6-2-7-17-42)45-31-26-40(27-32-45)41-28-34-49-47-20-10-12-22-51(47)57(54(49)36-41)43-18-8-3-9-19-43;1-3-5-7-9-11-13-14-12-10-8-6-4-2/h1-37H;1-2H. The van der Waals surface area contributed by atoms with Crippen LogP contribution < -0.4 is 4.90 Å². The molecule has 0 spiro atoms. The molecule has 0 N–H and O–H groups in total. The van der Waals surface area contributed by atoms with Gasteiger partial charge < -0.3 is 14.0 Å². The molecule has 2 heterocycles. The van der Waals surface area contributed by atoms with Gasteiger partial charge in [-0.15, -0.1) is 12.8 Å². The molecule has 71 heavy (non-hydrogen) atoms. The Bertz CT molecular complexity index is 4120. The highest BCUT2D eigenvalue weighted by atomic mass is 15.1. The van der Waals surface area contributed by atoms with E-state index in [0.29, 0.717) is 0 Å². The molecule has 0 saturated carbocycles. The Morgan fingerprint density at radius 2 is 0.634 bits per heavy atom. The first-order valence-corrected chi connectivity index (χ1v) is 22.8. The lowest BCUT2D eigenvalue weighted by atomic mass is 10.0. The Labute approximate surface area is 414 Å². The summed E-state index contributed by atoms with van der Waals surface area (Å²) >= 11 is 0. The van der Waals surface area contributed by atoms with Crippen LogP contribution in [0.25, 0.3) is 77.2 Å². The maximum atomic E-state index is 4.86. The fourth-order valence-corrected chi connectivity index (χ4v) is 8.97. The molecule has 0 radical (unpaired) electrons. The third-order valence-corrected chi connectivity index (χ3v) is 12.0. The number of hydrogen-bond donors (Lipinski definition) is 0. The highest BCUT2D eigenvalue weighted by Gasteiger charge is 2.19. The molecular weight excluding hydrogens is 859 g/mol. The summed E-state index contributed by atoms with van der Waals surface area (Å²) in [5.41, 5.74) is 15.2. The quantitative estimate of drug-likeness (QED) is 0.145. The Balaban J connectivity index is 0.000000365. The summed E-state index contributed by atoms with van der Waals surface area (Å²) in [6, 6.07) is 81.1. The van der Waals surface area contributed by atoms with Crippen molar-refractivity contribution in [1.82, 2.24) is 9.13 Å². The molecule has 0 bridgehead atoms. The first kappa shape index (κ1) is 44.2.